The molecule has 2 aromatic heterocycles. The van der Waals surface area contributed by atoms with E-state index < -0.39 is 0 Å². The lowest BCUT2D eigenvalue weighted by Crippen LogP contribution is -2.10. The summed E-state index contributed by atoms with van der Waals surface area (Å²) in [5.41, 5.74) is 1.58. The fourth-order valence-electron chi connectivity index (χ4n) is 1.93. The van der Waals surface area contributed by atoms with Crippen LogP contribution in [0, 0.1) is 31.1 Å². The van der Waals surface area contributed by atoms with Gasteiger partial charge in [0.2, 0.25) is 0 Å². The lowest BCUT2D eigenvalue weighted by Gasteiger charge is -2.12. The summed E-state index contributed by atoms with van der Waals surface area (Å²) in [5.74, 6) is 2.01. The van der Waals surface area contributed by atoms with Crippen LogP contribution >= 0.6 is 0 Å². The van der Waals surface area contributed by atoms with Gasteiger partial charge in [-0.2, -0.15) is 5.26 Å². The minimum Gasteiger partial charge on any atom is -0.460 e. The molecular formula is C15H17N3O. The minimum atomic E-state index is -0.297. The van der Waals surface area contributed by atoms with Crippen LogP contribution < -0.4 is 0 Å². The van der Waals surface area contributed by atoms with Gasteiger partial charge in [-0.05, 0) is 38.0 Å². The zero-order chi connectivity index (χ0) is 14.0. The van der Waals surface area contributed by atoms with Crippen molar-refractivity contribution in [3.63, 3.8) is 0 Å². The van der Waals surface area contributed by atoms with Crippen LogP contribution in [-0.2, 0) is 0 Å². The van der Waals surface area contributed by atoms with E-state index in [0.717, 1.165) is 17.1 Å². The first-order valence-electron chi connectivity index (χ1n) is 6.33. The minimum absolute atomic E-state index is 0.179. The molecule has 2 rings (SSSR count). The Labute approximate surface area is 113 Å². The first-order valence-corrected chi connectivity index (χ1v) is 6.33. The molecule has 1 atom stereocenters. The molecule has 0 N–H and O–H groups in total. The molecule has 2 heterocycles. The smallest absolute Gasteiger partial charge is 0.152 e. The molecule has 1 unspecified atom stereocenters. The number of aromatic nitrogens is 2. The molecule has 2 aromatic rings. The van der Waals surface area contributed by atoms with E-state index in [2.05, 4.69) is 16.0 Å². The van der Waals surface area contributed by atoms with E-state index in [-0.39, 0.29) is 11.8 Å². The summed E-state index contributed by atoms with van der Waals surface area (Å²) < 4.78 is 5.58. The number of nitrogens with zero attached hydrogens (tertiary/aromatic N) is 3. The van der Waals surface area contributed by atoms with Crippen LogP contribution in [0.2, 0.25) is 0 Å². The highest BCUT2D eigenvalue weighted by Gasteiger charge is 2.20. The van der Waals surface area contributed by atoms with E-state index in [9.17, 15) is 5.26 Å². The van der Waals surface area contributed by atoms with Gasteiger partial charge in [0.25, 0.3) is 0 Å². The molecule has 4 nitrogen and oxygen atoms in total. The molecule has 0 aliphatic heterocycles. The van der Waals surface area contributed by atoms with Crippen molar-refractivity contribution in [1.82, 2.24) is 9.97 Å². The highest BCUT2D eigenvalue weighted by molar-refractivity contribution is 5.52. The summed E-state index contributed by atoms with van der Waals surface area (Å²) in [6.07, 6.45) is 0. The molecule has 0 aromatic carbocycles. The topological polar surface area (TPSA) is 62.7 Å². The van der Waals surface area contributed by atoms with Gasteiger partial charge in [-0.3, -0.25) is 0 Å². The molecule has 0 fully saturated rings. The van der Waals surface area contributed by atoms with Gasteiger partial charge in [-0.25, -0.2) is 9.97 Å². The van der Waals surface area contributed by atoms with Crippen molar-refractivity contribution >= 4 is 0 Å². The average Bonchev–Trinajstić information content (AvgIpc) is 2.75. The van der Waals surface area contributed by atoms with E-state index in [4.69, 9.17) is 4.42 Å². The van der Waals surface area contributed by atoms with E-state index in [1.54, 1.807) is 0 Å². The van der Waals surface area contributed by atoms with Gasteiger partial charge >= 0.3 is 0 Å². The third-order valence-electron chi connectivity index (χ3n) is 2.95. The SMILES string of the molecule is Cc1cc(-c2ccc(C)o2)nc(C(C#N)C(C)C)n1. The predicted molar refractivity (Wildman–Crippen MR) is 72.4 cm³/mol. The molecule has 19 heavy (non-hydrogen) atoms. The molecule has 0 saturated heterocycles. The predicted octanol–water partition coefficient (Wildman–Crippen LogP) is 3.62. The van der Waals surface area contributed by atoms with Crippen LogP contribution in [0.15, 0.2) is 22.6 Å². The van der Waals surface area contributed by atoms with Crippen LogP contribution in [0.5, 0.6) is 0 Å². The van der Waals surface area contributed by atoms with E-state index in [1.165, 1.54) is 0 Å². The maximum absolute atomic E-state index is 9.25. The van der Waals surface area contributed by atoms with Gasteiger partial charge in [0.15, 0.2) is 5.76 Å². The number of furan rings is 1. The summed E-state index contributed by atoms with van der Waals surface area (Å²) in [6.45, 7) is 7.79. The van der Waals surface area contributed by atoms with Crippen LogP contribution in [0.1, 0.15) is 37.0 Å². The second-order valence-corrected chi connectivity index (χ2v) is 5.01. The van der Waals surface area contributed by atoms with Gasteiger partial charge in [-0.15, -0.1) is 0 Å². The van der Waals surface area contributed by atoms with Crippen LogP contribution in [0.4, 0.5) is 0 Å². The molecule has 0 spiro atoms. The number of aryl methyl sites for hydroxylation is 2. The third kappa shape index (κ3) is 2.82. The monoisotopic (exact) mass is 255 g/mol. The molecule has 0 amide bonds. The lowest BCUT2D eigenvalue weighted by atomic mass is 9.96. The van der Waals surface area contributed by atoms with Crippen LogP contribution in [0.25, 0.3) is 11.5 Å². The zero-order valence-electron chi connectivity index (χ0n) is 11.6. The molecule has 4 heteroatoms. The summed E-state index contributed by atoms with van der Waals surface area (Å²) in [5, 5.41) is 9.25. The molecule has 0 radical (unpaired) electrons. The van der Waals surface area contributed by atoms with Gasteiger partial charge in [0.05, 0.1) is 6.07 Å². The Morgan fingerprint density at radius 2 is 1.95 bits per heavy atom. The number of rotatable bonds is 3. The quantitative estimate of drug-likeness (QED) is 0.840. The van der Waals surface area contributed by atoms with Crippen LogP contribution in [-0.4, -0.2) is 9.97 Å². The van der Waals surface area contributed by atoms with Crippen molar-refractivity contribution in [2.24, 2.45) is 5.92 Å². The Balaban J connectivity index is 2.48. The van der Waals surface area contributed by atoms with Gasteiger partial charge in [0, 0.05) is 5.69 Å². The van der Waals surface area contributed by atoms with Crippen molar-refractivity contribution < 1.29 is 4.42 Å². The molecule has 0 bridgehead atoms. The van der Waals surface area contributed by atoms with Gasteiger partial charge in [0.1, 0.15) is 23.2 Å². The summed E-state index contributed by atoms with van der Waals surface area (Å²) in [6, 6.07) is 7.93. The normalized spacial score (nSPS) is 12.4. The summed E-state index contributed by atoms with van der Waals surface area (Å²) in [7, 11) is 0. The van der Waals surface area contributed by atoms with Crippen molar-refractivity contribution in [3.05, 3.63) is 35.5 Å². The third-order valence-corrected chi connectivity index (χ3v) is 2.95. The molecule has 0 saturated carbocycles. The number of hydrogen-bond acceptors (Lipinski definition) is 4. The number of hydrogen-bond donors (Lipinski definition) is 0. The Morgan fingerprint density at radius 1 is 1.21 bits per heavy atom. The summed E-state index contributed by atoms with van der Waals surface area (Å²) >= 11 is 0. The zero-order valence-corrected chi connectivity index (χ0v) is 11.6. The Hall–Kier alpha value is -2.15. The largest absolute Gasteiger partial charge is 0.460 e. The fourth-order valence-corrected chi connectivity index (χ4v) is 1.93. The van der Waals surface area contributed by atoms with Gasteiger partial charge < -0.3 is 4.42 Å². The van der Waals surface area contributed by atoms with Crippen molar-refractivity contribution in [2.75, 3.05) is 0 Å². The Bertz CT molecular complexity index is 623. The average molecular weight is 255 g/mol. The Kier molecular flexibility index (Phi) is 3.66. The number of nitriles is 1. The molecular weight excluding hydrogens is 238 g/mol. The Morgan fingerprint density at radius 3 is 2.47 bits per heavy atom. The van der Waals surface area contributed by atoms with Crippen molar-refractivity contribution in [3.8, 4) is 17.5 Å². The van der Waals surface area contributed by atoms with Crippen molar-refractivity contribution in [1.29, 1.82) is 5.26 Å². The standard InChI is InChI=1S/C15H17N3O/c1-9(2)12(8-16)15-17-10(3)7-13(18-15)14-6-5-11(4)19-14/h5-7,9,12H,1-4H3. The second-order valence-electron chi connectivity index (χ2n) is 5.01. The molecule has 0 aliphatic carbocycles. The van der Waals surface area contributed by atoms with E-state index in [0.29, 0.717) is 11.6 Å². The molecule has 98 valence electrons. The first-order chi connectivity index (χ1) is 9.01. The summed E-state index contributed by atoms with van der Waals surface area (Å²) in [4.78, 5) is 8.87. The van der Waals surface area contributed by atoms with E-state index in [1.807, 2.05) is 45.9 Å². The molecule has 0 aliphatic rings. The van der Waals surface area contributed by atoms with Crippen molar-refractivity contribution in [2.45, 2.75) is 33.6 Å². The first kappa shape index (κ1) is 13.3. The maximum Gasteiger partial charge on any atom is 0.152 e. The fraction of sp³-hybridized carbons (Fsp3) is 0.400. The van der Waals surface area contributed by atoms with Crippen LogP contribution in [0.3, 0.4) is 0 Å². The highest BCUT2D eigenvalue weighted by atomic mass is 16.3. The maximum atomic E-state index is 9.25. The van der Waals surface area contributed by atoms with Gasteiger partial charge in [-0.1, -0.05) is 13.8 Å². The van der Waals surface area contributed by atoms with E-state index >= 15 is 0 Å². The lowest BCUT2D eigenvalue weighted by molar-refractivity contribution is 0.540. The second kappa shape index (κ2) is 5.23. The highest BCUT2D eigenvalue weighted by Crippen LogP contribution is 2.25.